The molecule has 0 saturated carbocycles. The first-order valence-electron chi connectivity index (χ1n) is 9.84. The van der Waals surface area contributed by atoms with Gasteiger partial charge in [-0.3, -0.25) is 9.59 Å². The van der Waals surface area contributed by atoms with Gasteiger partial charge < -0.3 is 25.2 Å². The zero-order valence-corrected chi connectivity index (χ0v) is 17.0. The Bertz CT molecular complexity index is 830. The number of carbonyl (C=O) groups excluding carboxylic acids is 2. The molecule has 0 aliphatic carbocycles. The Morgan fingerprint density at radius 1 is 0.966 bits per heavy atom. The number of nitrogens with one attached hydrogen (secondary N) is 2. The summed E-state index contributed by atoms with van der Waals surface area (Å²) >= 11 is 0. The second kappa shape index (κ2) is 9.82. The Morgan fingerprint density at radius 2 is 1.62 bits per heavy atom. The fourth-order valence-corrected chi connectivity index (χ4v) is 3.43. The normalized spacial score (nSPS) is 13.7. The molecule has 0 radical (unpaired) electrons. The molecular formula is C22H28N4O3. The predicted molar refractivity (Wildman–Crippen MR) is 116 cm³/mol. The SMILES string of the molecule is COc1ccccc1N1CCN(C(=O)CCNc2ccc(NC(C)=O)cc2)CC1. The monoisotopic (exact) mass is 396 g/mol. The number of amides is 2. The molecule has 1 aliphatic heterocycles. The van der Waals surface area contributed by atoms with Gasteiger partial charge in [0.05, 0.1) is 12.8 Å². The molecule has 2 amide bonds. The highest BCUT2D eigenvalue weighted by Gasteiger charge is 2.22. The van der Waals surface area contributed by atoms with E-state index in [0.29, 0.717) is 26.1 Å². The summed E-state index contributed by atoms with van der Waals surface area (Å²) in [7, 11) is 1.68. The average molecular weight is 396 g/mol. The van der Waals surface area contributed by atoms with Crippen molar-refractivity contribution in [2.24, 2.45) is 0 Å². The van der Waals surface area contributed by atoms with Crippen molar-refractivity contribution in [2.75, 3.05) is 55.4 Å². The number of para-hydroxylation sites is 2. The van der Waals surface area contributed by atoms with Crippen LogP contribution < -0.4 is 20.3 Å². The summed E-state index contributed by atoms with van der Waals surface area (Å²) in [6.45, 7) is 5.07. The molecule has 3 rings (SSSR count). The fourth-order valence-electron chi connectivity index (χ4n) is 3.43. The molecule has 7 heteroatoms. The maximum absolute atomic E-state index is 12.5. The van der Waals surface area contributed by atoms with Crippen LogP contribution in [0.5, 0.6) is 5.75 Å². The van der Waals surface area contributed by atoms with E-state index in [2.05, 4.69) is 21.6 Å². The van der Waals surface area contributed by atoms with Gasteiger partial charge in [-0.25, -0.2) is 0 Å². The molecule has 0 aromatic heterocycles. The summed E-state index contributed by atoms with van der Waals surface area (Å²) < 4.78 is 5.44. The van der Waals surface area contributed by atoms with E-state index in [1.807, 2.05) is 47.4 Å². The third-order valence-corrected chi connectivity index (χ3v) is 4.93. The molecule has 2 aromatic carbocycles. The van der Waals surface area contributed by atoms with E-state index in [9.17, 15) is 9.59 Å². The molecule has 1 aliphatic rings. The number of ether oxygens (including phenoxy) is 1. The van der Waals surface area contributed by atoms with Crippen LogP contribution in [-0.4, -0.2) is 56.5 Å². The van der Waals surface area contributed by atoms with E-state index in [0.717, 1.165) is 35.9 Å². The second-order valence-corrected chi connectivity index (χ2v) is 6.97. The van der Waals surface area contributed by atoms with Crippen LogP contribution in [0.4, 0.5) is 17.1 Å². The van der Waals surface area contributed by atoms with Crippen molar-refractivity contribution < 1.29 is 14.3 Å². The maximum atomic E-state index is 12.5. The van der Waals surface area contributed by atoms with Crippen molar-refractivity contribution in [1.82, 2.24) is 4.90 Å². The van der Waals surface area contributed by atoms with Crippen LogP contribution in [0.15, 0.2) is 48.5 Å². The molecule has 154 valence electrons. The number of benzene rings is 2. The van der Waals surface area contributed by atoms with Crippen molar-refractivity contribution in [3.8, 4) is 5.75 Å². The van der Waals surface area contributed by atoms with Gasteiger partial charge in [-0.05, 0) is 36.4 Å². The summed E-state index contributed by atoms with van der Waals surface area (Å²) in [6, 6.07) is 15.4. The summed E-state index contributed by atoms with van der Waals surface area (Å²) in [5.74, 6) is 0.926. The summed E-state index contributed by atoms with van der Waals surface area (Å²) in [5.41, 5.74) is 2.76. The van der Waals surface area contributed by atoms with Crippen molar-refractivity contribution in [2.45, 2.75) is 13.3 Å². The van der Waals surface area contributed by atoms with Gasteiger partial charge in [0, 0.05) is 57.4 Å². The Morgan fingerprint density at radius 3 is 2.28 bits per heavy atom. The van der Waals surface area contributed by atoms with Gasteiger partial charge >= 0.3 is 0 Å². The largest absolute Gasteiger partial charge is 0.495 e. The number of piperazine rings is 1. The number of carbonyl (C=O) groups is 2. The van der Waals surface area contributed by atoms with Gasteiger partial charge in [0.15, 0.2) is 0 Å². The molecule has 29 heavy (non-hydrogen) atoms. The highest BCUT2D eigenvalue weighted by atomic mass is 16.5. The lowest BCUT2D eigenvalue weighted by molar-refractivity contribution is -0.131. The number of hydrogen-bond acceptors (Lipinski definition) is 5. The molecule has 2 N–H and O–H groups in total. The minimum Gasteiger partial charge on any atom is -0.495 e. The molecule has 2 aromatic rings. The van der Waals surface area contributed by atoms with Crippen LogP contribution in [0.1, 0.15) is 13.3 Å². The van der Waals surface area contributed by atoms with Crippen LogP contribution in [0, 0.1) is 0 Å². The average Bonchev–Trinajstić information content (AvgIpc) is 2.74. The Labute approximate surface area is 171 Å². The number of rotatable bonds is 7. The molecule has 0 bridgehead atoms. The lowest BCUT2D eigenvalue weighted by Crippen LogP contribution is -2.49. The number of anilines is 3. The molecule has 1 fully saturated rings. The minimum atomic E-state index is -0.0953. The maximum Gasteiger partial charge on any atom is 0.224 e. The Hall–Kier alpha value is -3.22. The van der Waals surface area contributed by atoms with Gasteiger partial charge in [0.2, 0.25) is 11.8 Å². The molecular weight excluding hydrogens is 368 g/mol. The van der Waals surface area contributed by atoms with E-state index in [-0.39, 0.29) is 11.8 Å². The van der Waals surface area contributed by atoms with Gasteiger partial charge in [-0.1, -0.05) is 12.1 Å². The highest BCUT2D eigenvalue weighted by Crippen LogP contribution is 2.28. The fraction of sp³-hybridized carbons (Fsp3) is 0.364. The van der Waals surface area contributed by atoms with Crippen LogP contribution in [-0.2, 0) is 9.59 Å². The number of nitrogens with zero attached hydrogens (tertiary/aromatic N) is 2. The van der Waals surface area contributed by atoms with Crippen LogP contribution in [0.2, 0.25) is 0 Å². The van der Waals surface area contributed by atoms with E-state index in [1.54, 1.807) is 7.11 Å². The molecule has 7 nitrogen and oxygen atoms in total. The van der Waals surface area contributed by atoms with Gasteiger partial charge in [0.1, 0.15) is 5.75 Å². The van der Waals surface area contributed by atoms with Crippen LogP contribution in [0.25, 0.3) is 0 Å². The zero-order valence-electron chi connectivity index (χ0n) is 17.0. The first-order chi connectivity index (χ1) is 14.1. The summed E-state index contributed by atoms with van der Waals surface area (Å²) in [5, 5.41) is 5.99. The molecule has 0 atom stereocenters. The minimum absolute atomic E-state index is 0.0953. The first-order valence-corrected chi connectivity index (χ1v) is 9.84. The summed E-state index contributed by atoms with van der Waals surface area (Å²) in [6.07, 6.45) is 0.447. The zero-order chi connectivity index (χ0) is 20.6. The molecule has 0 unspecified atom stereocenters. The summed E-state index contributed by atoms with van der Waals surface area (Å²) in [4.78, 5) is 27.8. The van der Waals surface area contributed by atoms with E-state index in [4.69, 9.17) is 4.74 Å². The van der Waals surface area contributed by atoms with Crippen LogP contribution >= 0.6 is 0 Å². The third-order valence-electron chi connectivity index (χ3n) is 4.93. The Kier molecular flexibility index (Phi) is 6.94. The highest BCUT2D eigenvalue weighted by molar-refractivity contribution is 5.88. The Balaban J connectivity index is 1.42. The number of methoxy groups -OCH3 is 1. The van der Waals surface area contributed by atoms with E-state index < -0.39 is 0 Å². The van der Waals surface area contributed by atoms with E-state index in [1.165, 1.54) is 6.92 Å². The van der Waals surface area contributed by atoms with Crippen molar-refractivity contribution >= 4 is 28.9 Å². The van der Waals surface area contributed by atoms with E-state index >= 15 is 0 Å². The lowest BCUT2D eigenvalue weighted by Gasteiger charge is -2.36. The smallest absolute Gasteiger partial charge is 0.224 e. The van der Waals surface area contributed by atoms with Gasteiger partial charge in [-0.15, -0.1) is 0 Å². The number of hydrogen-bond donors (Lipinski definition) is 2. The lowest BCUT2D eigenvalue weighted by atomic mass is 10.2. The van der Waals surface area contributed by atoms with Crippen LogP contribution in [0.3, 0.4) is 0 Å². The van der Waals surface area contributed by atoms with Crippen molar-refractivity contribution in [3.63, 3.8) is 0 Å². The van der Waals surface area contributed by atoms with Crippen molar-refractivity contribution in [3.05, 3.63) is 48.5 Å². The standard InChI is InChI=1S/C22H28N4O3/c1-17(27)24-19-9-7-18(8-10-19)23-12-11-22(28)26-15-13-25(14-16-26)20-5-3-4-6-21(20)29-2/h3-10,23H,11-16H2,1-2H3,(H,24,27). The third kappa shape index (κ3) is 5.63. The second-order valence-electron chi connectivity index (χ2n) is 6.97. The molecule has 1 heterocycles. The topological polar surface area (TPSA) is 73.9 Å². The predicted octanol–water partition coefficient (Wildman–Crippen LogP) is 2.80. The van der Waals surface area contributed by atoms with Gasteiger partial charge in [-0.2, -0.15) is 0 Å². The quantitative estimate of drug-likeness (QED) is 0.753. The first kappa shape index (κ1) is 20.5. The van der Waals surface area contributed by atoms with Crippen molar-refractivity contribution in [1.29, 1.82) is 0 Å². The van der Waals surface area contributed by atoms with Gasteiger partial charge in [0.25, 0.3) is 0 Å². The molecule has 0 spiro atoms. The molecule has 1 saturated heterocycles.